The molecule has 3 aromatic rings. The fourth-order valence-corrected chi connectivity index (χ4v) is 5.08. The van der Waals surface area contributed by atoms with Gasteiger partial charge in [0, 0.05) is 18.1 Å². The van der Waals surface area contributed by atoms with Gasteiger partial charge in [0.25, 0.3) is 5.56 Å². The van der Waals surface area contributed by atoms with Crippen molar-refractivity contribution in [2.45, 2.75) is 77.4 Å². The summed E-state index contributed by atoms with van der Waals surface area (Å²) in [6, 6.07) is 12.8. The Kier molecular flexibility index (Phi) is 6.37. The third kappa shape index (κ3) is 4.35. The van der Waals surface area contributed by atoms with E-state index in [1.54, 1.807) is 18.2 Å². The number of nitrogens with one attached hydrogen (secondary N) is 1. The molecule has 0 bridgehead atoms. The number of aromatic nitrogens is 3. The zero-order valence-electron chi connectivity index (χ0n) is 18.8. The quantitative estimate of drug-likeness (QED) is 0.583. The van der Waals surface area contributed by atoms with Gasteiger partial charge in [-0.25, -0.2) is 9.97 Å². The number of para-hydroxylation sites is 1. The molecule has 0 aliphatic carbocycles. The number of piperidine rings is 1. The molecule has 1 aliphatic rings. The van der Waals surface area contributed by atoms with Crippen molar-refractivity contribution in [3.05, 3.63) is 52.3 Å². The normalized spacial score (nSPS) is 20.7. The topological polar surface area (TPSA) is 87.9 Å². The molecule has 0 saturated carbocycles. The number of hydrogen-bond acceptors (Lipinski definition) is 5. The Morgan fingerprint density at radius 1 is 1.13 bits per heavy atom. The smallest absolute Gasteiger partial charge is 0.276 e. The molecule has 3 heterocycles. The largest absolute Gasteiger partial charge is 0.384 e. The average Bonchev–Trinajstić information content (AvgIpc) is 2.75. The van der Waals surface area contributed by atoms with E-state index in [1.165, 1.54) is 24.8 Å². The lowest BCUT2D eigenvalue weighted by Crippen LogP contribution is -2.46. The predicted molar refractivity (Wildman–Crippen MR) is 127 cm³/mol. The number of rotatable bonds is 6. The summed E-state index contributed by atoms with van der Waals surface area (Å²) in [4.78, 5) is 27.7. The van der Waals surface area contributed by atoms with Gasteiger partial charge in [-0.3, -0.25) is 9.69 Å². The van der Waals surface area contributed by atoms with E-state index in [2.05, 4.69) is 41.7 Å². The van der Waals surface area contributed by atoms with Crippen LogP contribution in [0.2, 0.25) is 0 Å². The molecule has 1 aliphatic heterocycles. The lowest BCUT2D eigenvalue weighted by Gasteiger charge is -2.44. The van der Waals surface area contributed by atoms with Crippen LogP contribution < -0.4 is 11.3 Å². The van der Waals surface area contributed by atoms with E-state index >= 15 is 0 Å². The molecule has 1 aromatic carbocycles. The number of pyridine rings is 1. The molecule has 1 fully saturated rings. The zero-order chi connectivity index (χ0) is 22.0. The summed E-state index contributed by atoms with van der Waals surface area (Å²) in [6.07, 6.45) is 7.12. The average molecular weight is 420 g/mol. The number of anilines is 1. The summed E-state index contributed by atoms with van der Waals surface area (Å²) in [7, 11) is 0. The number of nitrogens with two attached hydrogens (primary N) is 1. The van der Waals surface area contributed by atoms with E-state index < -0.39 is 0 Å². The zero-order valence-corrected chi connectivity index (χ0v) is 18.8. The maximum Gasteiger partial charge on any atom is 0.276 e. The molecule has 0 spiro atoms. The summed E-state index contributed by atoms with van der Waals surface area (Å²) < 4.78 is 0. The summed E-state index contributed by atoms with van der Waals surface area (Å²) in [6.45, 7) is 6.93. The molecule has 0 amide bonds. The summed E-state index contributed by atoms with van der Waals surface area (Å²) in [5.74, 6) is 0.379. The maximum absolute atomic E-state index is 12.8. The second kappa shape index (κ2) is 9.18. The minimum atomic E-state index is -0.243. The first-order chi connectivity index (χ1) is 15.0. The second-order valence-electron chi connectivity index (χ2n) is 8.84. The first-order valence-electron chi connectivity index (χ1n) is 11.5. The first-order valence-corrected chi connectivity index (χ1v) is 11.5. The predicted octanol–water partition coefficient (Wildman–Crippen LogP) is 5.06. The number of unbranched alkanes of at least 4 members (excludes halogenated alkanes) is 1. The van der Waals surface area contributed by atoms with Gasteiger partial charge < -0.3 is 10.7 Å². The molecular formula is C25H33N5O. The van der Waals surface area contributed by atoms with Crippen LogP contribution >= 0.6 is 0 Å². The lowest BCUT2D eigenvalue weighted by molar-refractivity contribution is 0.0495. The molecule has 6 heteroatoms. The fraction of sp³-hybridized carbons (Fsp3) is 0.480. The van der Waals surface area contributed by atoms with Gasteiger partial charge in [0.15, 0.2) is 5.69 Å². The van der Waals surface area contributed by atoms with E-state index in [1.807, 2.05) is 12.1 Å². The molecule has 0 radical (unpaired) electrons. The highest BCUT2D eigenvalue weighted by Gasteiger charge is 2.32. The number of nitrogens with zero attached hydrogens (tertiary/aromatic N) is 3. The van der Waals surface area contributed by atoms with Crippen molar-refractivity contribution in [3.63, 3.8) is 0 Å². The SMILES string of the molecule is CCCCC(c1cccc2[nH]c(=O)c(-c3cccc(N)n3)nc12)N1C(C)CCCC1C. The van der Waals surface area contributed by atoms with Crippen molar-refractivity contribution in [2.75, 3.05) is 5.73 Å². The van der Waals surface area contributed by atoms with E-state index in [0.717, 1.165) is 30.3 Å². The molecule has 3 unspecified atom stereocenters. The van der Waals surface area contributed by atoms with Crippen molar-refractivity contribution >= 4 is 16.9 Å². The van der Waals surface area contributed by atoms with Crippen LogP contribution in [0.25, 0.3) is 22.4 Å². The Balaban J connectivity index is 1.88. The highest BCUT2D eigenvalue weighted by molar-refractivity contribution is 5.80. The van der Waals surface area contributed by atoms with Crippen LogP contribution in [0.4, 0.5) is 5.82 Å². The highest BCUT2D eigenvalue weighted by atomic mass is 16.1. The monoisotopic (exact) mass is 419 g/mol. The van der Waals surface area contributed by atoms with Crippen molar-refractivity contribution in [2.24, 2.45) is 0 Å². The molecule has 164 valence electrons. The Morgan fingerprint density at radius 2 is 1.87 bits per heavy atom. The van der Waals surface area contributed by atoms with Crippen LogP contribution in [0.3, 0.4) is 0 Å². The van der Waals surface area contributed by atoms with Crippen LogP contribution in [-0.2, 0) is 0 Å². The third-order valence-corrected chi connectivity index (χ3v) is 6.58. The van der Waals surface area contributed by atoms with E-state index in [0.29, 0.717) is 29.3 Å². The number of H-pyrrole nitrogens is 1. The Morgan fingerprint density at radius 3 is 2.58 bits per heavy atom. The molecule has 2 aromatic heterocycles. The molecule has 3 atom stereocenters. The fourth-order valence-electron chi connectivity index (χ4n) is 5.08. The van der Waals surface area contributed by atoms with Crippen molar-refractivity contribution in [3.8, 4) is 11.4 Å². The summed E-state index contributed by atoms with van der Waals surface area (Å²) in [5, 5.41) is 0. The molecule has 31 heavy (non-hydrogen) atoms. The van der Waals surface area contributed by atoms with Crippen LogP contribution in [0, 0.1) is 0 Å². The molecule has 4 rings (SSSR count). The lowest BCUT2D eigenvalue weighted by atomic mass is 9.89. The summed E-state index contributed by atoms with van der Waals surface area (Å²) >= 11 is 0. The number of aromatic amines is 1. The second-order valence-corrected chi connectivity index (χ2v) is 8.84. The Bertz CT molecular complexity index is 1100. The van der Waals surface area contributed by atoms with Gasteiger partial charge in [0.2, 0.25) is 0 Å². The van der Waals surface area contributed by atoms with Gasteiger partial charge in [-0.05, 0) is 56.9 Å². The maximum atomic E-state index is 12.8. The number of fused-ring (bicyclic) bond motifs is 1. The number of hydrogen-bond donors (Lipinski definition) is 2. The molecule has 6 nitrogen and oxygen atoms in total. The van der Waals surface area contributed by atoms with E-state index in [9.17, 15) is 4.79 Å². The van der Waals surface area contributed by atoms with Gasteiger partial charge in [-0.1, -0.05) is 44.4 Å². The number of benzene rings is 1. The van der Waals surface area contributed by atoms with Gasteiger partial charge in [0.05, 0.1) is 16.7 Å². The van der Waals surface area contributed by atoms with Gasteiger partial charge >= 0.3 is 0 Å². The van der Waals surface area contributed by atoms with E-state index in [4.69, 9.17) is 10.7 Å². The van der Waals surface area contributed by atoms with Gasteiger partial charge in [-0.15, -0.1) is 0 Å². The minimum absolute atomic E-state index is 0.243. The van der Waals surface area contributed by atoms with Crippen LogP contribution in [0.1, 0.15) is 70.9 Å². The van der Waals surface area contributed by atoms with Crippen molar-refractivity contribution < 1.29 is 0 Å². The number of likely N-dealkylation sites (tertiary alicyclic amines) is 1. The first kappa shape index (κ1) is 21.5. The van der Waals surface area contributed by atoms with E-state index in [-0.39, 0.29) is 11.6 Å². The summed E-state index contributed by atoms with van der Waals surface area (Å²) in [5.41, 5.74) is 9.26. The molecule has 3 N–H and O–H groups in total. The van der Waals surface area contributed by atoms with Gasteiger partial charge in [0.1, 0.15) is 5.82 Å². The van der Waals surface area contributed by atoms with Gasteiger partial charge in [-0.2, -0.15) is 0 Å². The van der Waals surface area contributed by atoms with Crippen LogP contribution in [-0.4, -0.2) is 31.9 Å². The number of nitrogen functional groups attached to an aromatic ring is 1. The third-order valence-electron chi connectivity index (χ3n) is 6.58. The standard InChI is InChI=1S/C25H33N5O/c1-4-5-14-21(30-16(2)9-6-10-17(30)3)18-11-7-12-19-23(18)29-24(25(31)28-19)20-13-8-15-22(26)27-20/h7-8,11-13,15-17,21H,4-6,9-10,14H2,1-3H3,(H2,26,27)(H,28,31). The molecule has 1 saturated heterocycles. The van der Waals surface area contributed by atoms with Crippen molar-refractivity contribution in [1.82, 2.24) is 19.9 Å². The minimum Gasteiger partial charge on any atom is -0.384 e. The highest BCUT2D eigenvalue weighted by Crippen LogP contribution is 2.37. The molecular weight excluding hydrogens is 386 g/mol. The Labute approximate surface area is 183 Å². The van der Waals surface area contributed by atoms with Crippen LogP contribution in [0.5, 0.6) is 0 Å². The van der Waals surface area contributed by atoms with Crippen LogP contribution in [0.15, 0.2) is 41.2 Å². The Hall–Kier alpha value is -2.73. The van der Waals surface area contributed by atoms with Crippen molar-refractivity contribution in [1.29, 1.82) is 0 Å².